The summed E-state index contributed by atoms with van der Waals surface area (Å²) in [4.78, 5) is 30.5. The summed E-state index contributed by atoms with van der Waals surface area (Å²) in [5.41, 5.74) is 1.05. The van der Waals surface area contributed by atoms with Gasteiger partial charge in [-0.2, -0.15) is 0 Å². The number of hydrogen-bond acceptors (Lipinski definition) is 4. The number of aromatic nitrogens is 1. The monoisotopic (exact) mass is 354 g/mol. The number of aliphatic carboxylic acids is 1. The smallest absolute Gasteiger partial charge is 0.311 e. The average Bonchev–Trinajstić information content (AvgIpc) is 2.67. The van der Waals surface area contributed by atoms with Crippen LogP contribution in [0.3, 0.4) is 0 Å². The van der Waals surface area contributed by atoms with Gasteiger partial charge in [-0.25, -0.2) is 0 Å². The molecule has 1 fully saturated rings. The Labute approximate surface area is 152 Å². The Morgan fingerprint density at radius 3 is 2.73 bits per heavy atom. The Morgan fingerprint density at radius 2 is 2.08 bits per heavy atom. The largest absolute Gasteiger partial charge is 0.496 e. The minimum Gasteiger partial charge on any atom is -0.496 e. The van der Waals surface area contributed by atoms with Crippen LogP contribution >= 0.6 is 0 Å². The van der Waals surface area contributed by atoms with Crippen molar-refractivity contribution in [3.05, 3.63) is 48.2 Å². The molecule has 0 saturated carbocycles. The molecule has 2 aromatic rings. The van der Waals surface area contributed by atoms with Gasteiger partial charge in [-0.1, -0.05) is 6.07 Å². The van der Waals surface area contributed by atoms with Crippen LogP contribution in [0.1, 0.15) is 30.1 Å². The lowest BCUT2D eigenvalue weighted by Crippen LogP contribution is -2.48. The molecule has 1 unspecified atom stereocenters. The molecule has 1 saturated heterocycles. The number of piperidine rings is 1. The van der Waals surface area contributed by atoms with Crippen molar-refractivity contribution in [2.75, 3.05) is 20.2 Å². The van der Waals surface area contributed by atoms with E-state index in [9.17, 15) is 14.7 Å². The molecule has 1 amide bonds. The maximum Gasteiger partial charge on any atom is 0.311 e. The lowest BCUT2D eigenvalue weighted by Gasteiger charge is -2.37. The maximum absolute atomic E-state index is 13.0. The van der Waals surface area contributed by atoms with Crippen LogP contribution in [-0.2, 0) is 4.79 Å². The number of carbonyl (C=O) groups is 2. The Balaban J connectivity index is 1.92. The van der Waals surface area contributed by atoms with Gasteiger partial charge in [0.05, 0.1) is 18.2 Å². The van der Waals surface area contributed by atoms with E-state index in [0.29, 0.717) is 36.4 Å². The van der Waals surface area contributed by atoms with Gasteiger partial charge in [0.15, 0.2) is 0 Å². The first-order valence-corrected chi connectivity index (χ1v) is 8.57. The highest BCUT2D eigenvalue weighted by atomic mass is 16.5. The molecule has 3 rings (SSSR count). The standard InChI is InChI=1S/C20H22N2O4/c1-20(19(24)25)9-5-11-22(13-20)18(23)14-7-8-17(26-2)15(12-14)16-6-3-4-10-21-16/h3-4,6-8,10,12H,5,9,11,13H2,1-2H3,(H,24,25). The number of hydrogen-bond donors (Lipinski definition) is 1. The number of benzene rings is 1. The van der Waals surface area contributed by atoms with Crippen LogP contribution in [0.15, 0.2) is 42.6 Å². The third-order valence-corrected chi connectivity index (χ3v) is 4.89. The van der Waals surface area contributed by atoms with E-state index in [1.807, 2.05) is 18.2 Å². The van der Waals surface area contributed by atoms with Crippen LogP contribution in [0.2, 0.25) is 0 Å². The van der Waals surface area contributed by atoms with E-state index in [-0.39, 0.29) is 12.5 Å². The highest BCUT2D eigenvalue weighted by Gasteiger charge is 2.39. The summed E-state index contributed by atoms with van der Waals surface area (Å²) in [5.74, 6) is -0.398. The third kappa shape index (κ3) is 3.40. The zero-order chi connectivity index (χ0) is 18.7. The minimum absolute atomic E-state index is 0.169. The number of ether oxygens (including phenoxy) is 1. The molecular formula is C20H22N2O4. The molecule has 1 aliphatic rings. The van der Waals surface area contributed by atoms with E-state index in [4.69, 9.17) is 4.74 Å². The zero-order valence-corrected chi connectivity index (χ0v) is 14.9. The molecule has 1 aliphatic heterocycles. The zero-order valence-electron chi connectivity index (χ0n) is 14.9. The first kappa shape index (κ1) is 17.9. The predicted molar refractivity (Wildman–Crippen MR) is 97.1 cm³/mol. The molecule has 6 nitrogen and oxygen atoms in total. The summed E-state index contributed by atoms with van der Waals surface area (Å²) in [6.45, 7) is 2.47. The van der Waals surface area contributed by atoms with Crippen LogP contribution in [0, 0.1) is 5.41 Å². The van der Waals surface area contributed by atoms with Crippen molar-refractivity contribution in [2.24, 2.45) is 5.41 Å². The topological polar surface area (TPSA) is 79.7 Å². The fraction of sp³-hybridized carbons (Fsp3) is 0.350. The number of methoxy groups -OCH3 is 1. The number of carboxylic acid groups (broad SMARTS) is 1. The van der Waals surface area contributed by atoms with E-state index < -0.39 is 11.4 Å². The summed E-state index contributed by atoms with van der Waals surface area (Å²) in [6.07, 6.45) is 2.94. The van der Waals surface area contributed by atoms with Crippen LogP contribution in [-0.4, -0.2) is 47.1 Å². The maximum atomic E-state index is 13.0. The second-order valence-corrected chi connectivity index (χ2v) is 6.83. The SMILES string of the molecule is COc1ccc(C(=O)N2CCCC(C)(C(=O)O)C2)cc1-c1ccccn1. The van der Waals surface area contributed by atoms with Crippen LogP contribution in [0.25, 0.3) is 11.3 Å². The molecule has 0 radical (unpaired) electrons. The molecule has 26 heavy (non-hydrogen) atoms. The Kier molecular flexibility index (Phi) is 4.93. The minimum atomic E-state index is -0.899. The van der Waals surface area contributed by atoms with E-state index in [2.05, 4.69) is 4.98 Å². The van der Waals surface area contributed by atoms with Crippen LogP contribution in [0.5, 0.6) is 5.75 Å². The van der Waals surface area contributed by atoms with Crippen molar-refractivity contribution in [1.29, 1.82) is 0 Å². The second kappa shape index (κ2) is 7.15. The van der Waals surface area contributed by atoms with E-state index >= 15 is 0 Å². The summed E-state index contributed by atoms with van der Waals surface area (Å²) in [6, 6.07) is 10.8. The summed E-state index contributed by atoms with van der Waals surface area (Å²) in [7, 11) is 1.58. The van der Waals surface area contributed by atoms with Gasteiger partial charge >= 0.3 is 5.97 Å². The lowest BCUT2D eigenvalue weighted by molar-refractivity contribution is -0.150. The molecule has 1 aromatic heterocycles. The van der Waals surface area contributed by atoms with E-state index in [1.165, 1.54) is 0 Å². The fourth-order valence-electron chi connectivity index (χ4n) is 3.33. The number of nitrogens with zero attached hydrogens (tertiary/aromatic N) is 2. The summed E-state index contributed by atoms with van der Waals surface area (Å²) < 4.78 is 5.40. The van der Waals surface area contributed by atoms with Crippen LogP contribution in [0.4, 0.5) is 0 Å². The Morgan fingerprint density at radius 1 is 1.27 bits per heavy atom. The summed E-state index contributed by atoms with van der Waals surface area (Å²) in [5, 5.41) is 9.47. The van der Waals surface area contributed by atoms with Crippen molar-refractivity contribution < 1.29 is 19.4 Å². The first-order chi connectivity index (χ1) is 12.4. The fourth-order valence-corrected chi connectivity index (χ4v) is 3.33. The quantitative estimate of drug-likeness (QED) is 0.913. The van der Waals surface area contributed by atoms with Crippen molar-refractivity contribution >= 4 is 11.9 Å². The molecule has 1 N–H and O–H groups in total. The van der Waals surface area contributed by atoms with E-state index in [1.54, 1.807) is 43.3 Å². The highest BCUT2D eigenvalue weighted by molar-refractivity contribution is 5.96. The number of amides is 1. The van der Waals surface area contributed by atoms with Crippen molar-refractivity contribution in [3.63, 3.8) is 0 Å². The average molecular weight is 354 g/mol. The predicted octanol–water partition coefficient (Wildman–Crippen LogP) is 3.08. The molecule has 6 heteroatoms. The van der Waals surface area contributed by atoms with Gasteiger partial charge in [0.2, 0.25) is 0 Å². The number of likely N-dealkylation sites (tertiary alicyclic amines) is 1. The van der Waals surface area contributed by atoms with Gasteiger partial charge in [0.1, 0.15) is 5.75 Å². The van der Waals surface area contributed by atoms with Crippen LogP contribution < -0.4 is 4.74 Å². The second-order valence-electron chi connectivity index (χ2n) is 6.83. The van der Waals surface area contributed by atoms with Gasteiger partial charge < -0.3 is 14.7 Å². The highest BCUT2D eigenvalue weighted by Crippen LogP contribution is 2.33. The number of carbonyl (C=O) groups excluding carboxylic acids is 1. The normalized spacial score (nSPS) is 19.8. The van der Waals surface area contributed by atoms with Crippen molar-refractivity contribution in [1.82, 2.24) is 9.88 Å². The molecule has 0 bridgehead atoms. The van der Waals surface area contributed by atoms with Gasteiger partial charge in [0, 0.05) is 30.4 Å². The molecule has 0 spiro atoms. The molecule has 0 aliphatic carbocycles. The lowest BCUT2D eigenvalue weighted by atomic mass is 9.82. The molecule has 1 atom stereocenters. The molecular weight excluding hydrogens is 332 g/mol. The Bertz CT molecular complexity index is 822. The number of carboxylic acids is 1. The Hall–Kier alpha value is -2.89. The van der Waals surface area contributed by atoms with E-state index in [0.717, 1.165) is 5.56 Å². The molecule has 2 heterocycles. The van der Waals surface area contributed by atoms with Gasteiger partial charge in [-0.3, -0.25) is 14.6 Å². The van der Waals surface area contributed by atoms with Gasteiger partial charge in [0.25, 0.3) is 5.91 Å². The summed E-state index contributed by atoms with van der Waals surface area (Å²) >= 11 is 0. The number of pyridine rings is 1. The van der Waals surface area contributed by atoms with Gasteiger partial charge in [-0.05, 0) is 50.1 Å². The molecule has 1 aromatic carbocycles. The first-order valence-electron chi connectivity index (χ1n) is 8.57. The third-order valence-electron chi connectivity index (χ3n) is 4.89. The van der Waals surface area contributed by atoms with Crippen molar-refractivity contribution in [2.45, 2.75) is 19.8 Å². The van der Waals surface area contributed by atoms with Crippen molar-refractivity contribution in [3.8, 4) is 17.0 Å². The van der Waals surface area contributed by atoms with Gasteiger partial charge in [-0.15, -0.1) is 0 Å². The molecule has 136 valence electrons. The number of rotatable bonds is 4.